The van der Waals surface area contributed by atoms with Crippen LogP contribution in [0.2, 0.25) is 0 Å². The molecule has 5 nitrogen and oxygen atoms in total. The Hall–Kier alpha value is -1.62. The molecule has 2 fully saturated rings. The van der Waals surface area contributed by atoms with Crippen molar-refractivity contribution in [2.75, 3.05) is 19.6 Å². The number of piperidine rings is 1. The zero-order valence-electron chi connectivity index (χ0n) is 11.6. The van der Waals surface area contributed by atoms with Gasteiger partial charge in [-0.2, -0.15) is 0 Å². The summed E-state index contributed by atoms with van der Waals surface area (Å²) >= 11 is 0. The highest BCUT2D eigenvalue weighted by atomic mass is 16.2. The average Bonchev–Trinajstić information content (AvgIpc) is 3.30. The molecule has 108 valence electrons. The third-order valence-corrected chi connectivity index (χ3v) is 4.18. The number of nitrogens with zero attached hydrogens (tertiary/aromatic N) is 1. The van der Waals surface area contributed by atoms with Crippen molar-refractivity contribution in [3.8, 4) is 0 Å². The first-order chi connectivity index (χ1) is 9.74. The third kappa shape index (κ3) is 3.10. The van der Waals surface area contributed by atoms with Crippen molar-refractivity contribution < 1.29 is 4.79 Å². The van der Waals surface area contributed by atoms with Crippen LogP contribution in [0.1, 0.15) is 36.0 Å². The molecule has 20 heavy (non-hydrogen) atoms. The Bertz CT molecular complexity index is 530. The number of aromatic nitrogens is 1. The predicted molar refractivity (Wildman–Crippen MR) is 76.7 cm³/mol. The Kier molecular flexibility index (Phi) is 3.87. The van der Waals surface area contributed by atoms with Gasteiger partial charge in [-0.15, -0.1) is 0 Å². The number of rotatable bonds is 4. The summed E-state index contributed by atoms with van der Waals surface area (Å²) in [5, 5.41) is 3.35. The van der Waals surface area contributed by atoms with Gasteiger partial charge in [0, 0.05) is 30.4 Å². The molecule has 5 heteroatoms. The Balaban J connectivity index is 1.72. The van der Waals surface area contributed by atoms with E-state index in [0.29, 0.717) is 17.5 Å². The molecular formula is C15H21N3O2. The van der Waals surface area contributed by atoms with Crippen LogP contribution in [0.5, 0.6) is 0 Å². The number of hydrogen-bond acceptors (Lipinski definition) is 3. The molecule has 2 heterocycles. The predicted octanol–water partition coefficient (Wildman–Crippen LogP) is 0.979. The van der Waals surface area contributed by atoms with Crippen LogP contribution in [0.4, 0.5) is 0 Å². The van der Waals surface area contributed by atoms with E-state index in [9.17, 15) is 9.59 Å². The molecule has 1 amide bonds. The average molecular weight is 275 g/mol. The second kappa shape index (κ2) is 5.79. The lowest BCUT2D eigenvalue weighted by atomic mass is 9.97. The number of pyridine rings is 1. The van der Waals surface area contributed by atoms with Crippen molar-refractivity contribution in [3.05, 3.63) is 34.2 Å². The molecule has 1 aliphatic heterocycles. The second-order valence-electron chi connectivity index (χ2n) is 5.82. The van der Waals surface area contributed by atoms with Crippen LogP contribution >= 0.6 is 0 Å². The molecule has 1 aliphatic carbocycles. The number of carbonyl (C=O) groups is 1. The molecule has 1 saturated carbocycles. The number of aromatic amines is 1. The quantitative estimate of drug-likeness (QED) is 0.861. The van der Waals surface area contributed by atoms with Gasteiger partial charge in [0.2, 0.25) is 5.56 Å². The van der Waals surface area contributed by atoms with Crippen molar-refractivity contribution in [2.24, 2.45) is 5.92 Å². The Labute approximate surface area is 118 Å². The molecule has 1 aromatic rings. The number of carbonyl (C=O) groups excluding carboxylic acids is 1. The van der Waals surface area contributed by atoms with E-state index in [2.05, 4.69) is 10.3 Å². The van der Waals surface area contributed by atoms with Crippen molar-refractivity contribution in [3.63, 3.8) is 0 Å². The molecule has 3 rings (SSSR count). The van der Waals surface area contributed by atoms with Crippen LogP contribution in [-0.4, -0.2) is 41.5 Å². The van der Waals surface area contributed by atoms with Crippen molar-refractivity contribution in [1.82, 2.24) is 15.2 Å². The first-order valence-electron chi connectivity index (χ1n) is 7.44. The van der Waals surface area contributed by atoms with Gasteiger partial charge in [-0.1, -0.05) is 0 Å². The summed E-state index contributed by atoms with van der Waals surface area (Å²) in [5.41, 5.74) is 0.294. The minimum absolute atomic E-state index is 0.0112. The molecule has 1 saturated heterocycles. The summed E-state index contributed by atoms with van der Waals surface area (Å²) in [6, 6.07) is 3.48. The molecular weight excluding hydrogens is 254 g/mol. The molecule has 1 aromatic heterocycles. The van der Waals surface area contributed by atoms with E-state index in [-0.39, 0.29) is 11.5 Å². The van der Waals surface area contributed by atoms with Crippen LogP contribution in [0.15, 0.2) is 23.1 Å². The monoisotopic (exact) mass is 275 g/mol. The van der Waals surface area contributed by atoms with Crippen LogP contribution in [0.3, 0.4) is 0 Å². The highest BCUT2D eigenvalue weighted by Gasteiger charge is 2.34. The van der Waals surface area contributed by atoms with Gasteiger partial charge in [0.25, 0.3) is 5.91 Å². The zero-order valence-corrected chi connectivity index (χ0v) is 11.6. The molecule has 0 bridgehead atoms. The maximum absolute atomic E-state index is 12.6. The molecule has 2 N–H and O–H groups in total. The van der Waals surface area contributed by atoms with Crippen molar-refractivity contribution in [1.29, 1.82) is 0 Å². The number of hydrogen-bond donors (Lipinski definition) is 2. The van der Waals surface area contributed by atoms with E-state index in [4.69, 9.17) is 0 Å². The zero-order chi connectivity index (χ0) is 13.9. The molecule has 0 spiro atoms. The maximum atomic E-state index is 12.6. The van der Waals surface area contributed by atoms with Gasteiger partial charge in [-0.3, -0.25) is 9.59 Å². The lowest BCUT2D eigenvalue weighted by Gasteiger charge is -2.30. The fourth-order valence-corrected chi connectivity index (χ4v) is 2.87. The third-order valence-electron chi connectivity index (χ3n) is 4.18. The van der Waals surface area contributed by atoms with Gasteiger partial charge >= 0.3 is 0 Å². The van der Waals surface area contributed by atoms with Gasteiger partial charge in [-0.05, 0) is 50.8 Å². The van der Waals surface area contributed by atoms with E-state index in [0.717, 1.165) is 45.3 Å². The topological polar surface area (TPSA) is 65.2 Å². The lowest BCUT2D eigenvalue weighted by Crippen LogP contribution is -2.40. The SMILES string of the molecule is O=C(c1cc[nH]c(=O)c1)N(CC1CCNCC1)C1CC1. The van der Waals surface area contributed by atoms with Crippen LogP contribution in [-0.2, 0) is 0 Å². The minimum Gasteiger partial charge on any atom is -0.335 e. The Morgan fingerprint density at radius 1 is 1.25 bits per heavy atom. The van der Waals surface area contributed by atoms with E-state index in [1.54, 1.807) is 12.3 Å². The maximum Gasteiger partial charge on any atom is 0.254 e. The standard InChI is InChI=1S/C15H21N3O2/c19-14-9-12(5-8-17-14)15(20)18(13-1-2-13)10-11-3-6-16-7-4-11/h5,8-9,11,13,16H,1-4,6-7,10H2,(H,17,19). The molecule has 0 atom stereocenters. The molecule has 0 radical (unpaired) electrons. The highest BCUT2D eigenvalue weighted by molar-refractivity contribution is 5.94. The van der Waals surface area contributed by atoms with Crippen molar-refractivity contribution >= 4 is 5.91 Å². The molecule has 0 unspecified atom stereocenters. The summed E-state index contributed by atoms with van der Waals surface area (Å²) in [4.78, 5) is 28.5. The lowest BCUT2D eigenvalue weighted by molar-refractivity contribution is 0.0701. The largest absolute Gasteiger partial charge is 0.335 e. The summed E-state index contributed by atoms with van der Waals surface area (Å²) < 4.78 is 0. The van der Waals surface area contributed by atoms with Gasteiger partial charge in [0.05, 0.1) is 0 Å². The molecule has 0 aromatic carbocycles. The summed E-state index contributed by atoms with van der Waals surface area (Å²) in [7, 11) is 0. The number of H-pyrrole nitrogens is 1. The summed E-state index contributed by atoms with van der Waals surface area (Å²) in [6.07, 6.45) is 6.00. The normalized spacial score (nSPS) is 19.8. The van der Waals surface area contributed by atoms with E-state index < -0.39 is 0 Å². The second-order valence-corrected chi connectivity index (χ2v) is 5.82. The van der Waals surface area contributed by atoms with Crippen LogP contribution in [0, 0.1) is 5.92 Å². The van der Waals surface area contributed by atoms with Gasteiger partial charge < -0.3 is 15.2 Å². The van der Waals surface area contributed by atoms with Gasteiger partial charge in [-0.25, -0.2) is 0 Å². The minimum atomic E-state index is -0.214. The highest BCUT2D eigenvalue weighted by Crippen LogP contribution is 2.30. The number of nitrogens with one attached hydrogen (secondary N) is 2. The Morgan fingerprint density at radius 3 is 2.65 bits per heavy atom. The van der Waals surface area contributed by atoms with E-state index in [1.165, 1.54) is 6.07 Å². The fourth-order valence-electron chi connectivity index (χ4n) is 2.87. The van der Waals surface area contributed by atoms with Crippen molar-refractivity contribution in [2.45, 2.75) is 31.7 Å². The smallest absolute Gasteiger partial charge is 0.254 e. The Morgan fingerprint density at radius 2 is 2.00 bits per heavy atom. The van der Waals surface area contributed by atoms with Crippen LogP contribution in [0.25, 0.3) is 0 Å². The van der Waals surface area contributed by atoms with E-state index in [1.807, 2.05) is 4.90 Å². The summed E-state index contributed by atoms with van der Waals surface area (Å²) in [5.74, 6) is 0.597. The first-order valence-corrected chi connectivity index (χ1v) is 7.44. The molecule has 2 aliphatic rings. The van der Waals surface area contributed by atoms with Gasteiger partial charge in [0.1, 0.15) is 0 Å². The van der Waals surface area contributed by atoms with Gasteiger partial charge in [0.15, 0.2) is 0 Å². The fraction of sp³-hybridized carbons (Fsp3) is 0.600. The van der Waals surface area contributed by atoms with Crippen LogP contribution < -0.4 is 10.9 Å². The summed E-state index contributed by atoms with van der Waals surface area (Å²) in [6.45, 7) is 2.92. The number of amides is 1. The first kappa shape index (κ1) is 13.4. The van der Waals surface area contributed by atoms with E-state index >= 15 is 0 Å².